The molecule has 4 heteroatoms. The van der Waals surface area contributed by atoms with Gasteiger partial charge in [0.25, 0.3) is 0 Å². The lowest BCUT2D eigenvalue weighted by Crippen LogP contribution is -2.00. The Labute approximate surface area is 109 Å². The fraction of sp³-hybridized carbons (Fsp3) is 0.286. The fourth-order valence-corrected chi connectivity index (χ4v) is 3.42. The summed E-state index contributed by atoms with van der Waals surface area (Å²) in [5.41, 5.74) is 3.73. The third-order valence-electron chi connectivity index (χ3n) is 3.47. The molecule has 0 unspecified atom stereocenters. The second-order valence-electron chi connectivity index (χ2n) is 4.72. The van der Waals surface area contributed by atoms with Gasteiger partial charge in [0.2, 0.25) is 5.13 Å². The summed E-state index contributed by atoms with van der Waals surface area (Å²) in [7, 11) is 0. The Morgan fingerprint density at radius 3 is 2.89 bits per heavy atom. The summed E-state index contributed by atoms with van der Waals surface area (Å²) in [6.45, 7) is 0. The maximum atomic E-state index is 4.68. The highest BCUT2D eigenvalue weighted by molar-refractivity contribution is 7.20. The largest absolute Gasteiger partial charge is 0.218 e. The normalized spacial score (nSPS) is 14.9. The minimum absolute atomic E-state index is 0.977. The fourth-order valence-electron chi connectivity index (χ4n) is 2.53. The monoisotopic (exact) mass is 255 g/mol. The predicted molar refractivity (Wildman–Crippen MR) is 73.4 cm³/mol. The number of benzene rings is 1. The van der Waals surface area contributed by atoms with Crippen LogP contribution in [-0.4, -0.2) is 14.8 Å². The van der Waals surface area contributed by atoms with Crippen molar-refractivity contribution in [2.24, 2.45) is 0 Å². The summed E-state index contributed by atoms with van der Waals surface area (Å²) in [5.74, 6) is 0. The van der Waals surface area contributed by atoms with Gasteiger partial charge in [-0.25, -0.2) is 9.67 Å². The molecule has 0 saturated carbocycles. The molecule has 1 aromatic carbocycles. The van der Waals surface area contributed by atoms with E-state index in [1.165, 1.54) is 35.2 Å². The molecular formula is C14H13N3S. The highest BCUT2D eigenvalue weighted by Crippen LogP contribution is 2.26. The number of aromatic nitrogens is 3. The molecule has 3 nitrogen and oxygen atoms in total. The molecule has 4 rings (SSSR count). The molecule has 1 aliphatic carbocycles. The number of fused-ring (bicyclic) bond motifs is 2. The van der Waals surface area contributed by atoms with Crippen molar-refractivity contribution in [3.8, 4) is 5.13 Å². The molecule has 0 fully saturated rings. The quantitative estimate of drug-likeness (QED) is 0.667. The van der Waals surface area contributed by atoms with E-state index in [0.717, 1.165) is 17.1 Å². The molecule has 2 heterocycles. The van der Waals surface area contributed by atoms with E-state index in [1.807, 2.05) is 10.7 Å². The summed E-state index contributed by atoms with van der Waals surface area (Å²) in [6.07, 6.45) is 7.00. The Kier molecular flexibility index (Phi) is 2.23. The molecule has 0 N–H and O–H groups in total. The van der Waals surface area contributed by atoms with Crippen molar-refractivity contribution in [2.75, 3.05) is 0 Å². The van der Waals surface area contributed by atoms with Crippen LogP contribution in [0.1, 0.15) is 24.1 Å². The van der Waals surface area contributed by atoms with Crippen molar-refractivity contribution in [1.82, 2.24) is 14.8 Å². The highest BCUT2D eigenvalue weighted by Gasteiger charge is 2.15. The first kappa shape index (κ1) is 10.3. The Morgan fingerprint density at radius 1 is 1.11 bits per heavy atom. The molecule has 0 radical (unpaired) electrons. The number of para-hydroxylation sites is 1. The van der Waals surface area contributed by atoms with Gasteiger partial charge in [-0.1, -0.05) is 23.5 Å². The predicted octanol–water partition coefficient (Wildman–Crippen LogP) is 3.36. The summed E-state index contributed by atoms with van der Waals surface area (Å²) >= 11 is 1.70. The second-order valence-corrected chi connectivity index (χ2v) is 5.73. The number of hydrogen-bond acceptors (Lipinski definition) is 3. The van der Waals surface area contributed by atoms with E-state index in [9.17, 15) is 0 Å². The van der Waals surface area contributed by atoms with Crippen LogP contribution in [0.2, 0.25) is 0 Å². The minimum atomic E-state index is 0.977. The van der Waals surface area contributed by atoms with Crippen molar-refractivity contribution >= 4 is 21.6 Å². The molecule has 2 aromatic heterocycles. The van der Waals surface area contributed by atoms with Crippen molar-refractivity contribution in [2.45, 2.75) is 25.7 Å². The Morgan fingerprint density at radius 2 is 2.00 bits per heavy atom. The molecule has 0 atom stereocenters. The minimum Gasteiger partial charge on any atom is -0.218 e. The smallest absolute Gasteiger partial charge is 0.211 e. The second kappa shape index (κ2) is 3.92. The molecule has 0 amide bonds. The maximum absolute atomic E-state index is 4.68. The molecular weight excluding hydrogens is 242 g/mol. The first-order chi connectivity index (χ1) is 8.90. The van der Waals surface area contributed by atoms with Crippen LogP contribution in [0.3, 0.4) is 0 Å². The number of rotatable bonds is 1. The first-order valence-corrected chi connectivity index (χ1v) is 7.15. The van der Waals surface area contributed by atoms with Crippen LogP contribution in [0.25, 0.3) is 15.3 Å². The number of aryl methyl sites for hydroxylation is 2. The van der Waals surface area contributed by atoms with E-state index in [4.69, 9.17) is 0 Å². The lowest BCUT2D eigenvalue weighted by molar-refractivity contribution is 0.671. The van der Waals surface area contributed by atoms with Gasteiger partial charge in [0.15, 0.2) is 0 Å². The zero-order valence-corrected chi connectivity index (χ0v) is 10.8. The van der Waals surface area contributed by atoms with E-state index in [-0.39, 0.29) is 0 Å². The van der Waals surface area contributed by atoms with E-state index in [0.29, 0.717) is 0 Å². The van der Waals surface area contributed by atoms with Gasteiger partial charge in [0.1, 0.15) is 0 Å². The van der Waals surface area contributed by atoms with Crippen molar-refractivity contribution in [3.05, 3.63) is 41.7 Å². The van der Waals surface area contributed by atoms with Crippen molar-refractivity contribution < 1.29 is 0 Å². The van der Waals surface area contributed by atoms with Crippen LogP contribution in [0.4, 0.5) is 0 Å². The standard InChI is InChI=1S/C14H13N3S/c1-2-6-11-10(5-1)9-17(16-11)14-15-12-7-3-4-8-13(12)18-14/h3-4,7-9H,1-2,5-6H2. The number of hydrogen-bond donors (Lipinski definition) is 0. The molecule has 0 bridgehead atoms. The molecule has 0 spiro atoms. The van der Waals surface area contributed by atoms with Crippen LogP contribution in [0.5, 0.6) is 0 Å². The molecule has 0 saturated heterocycles. The third kappa shape index (κ3) is 1.56. The van der Waals surface area contributed by atoms with Crippen LogP contribution >= 0.6 is 11.3 Å². The van der Waals surface area contributed by atoms with Gasteiger partial charge in [0, 0.05) is 6.20 Å². The maximum Gasteiger partial charge on any atom is 0.211 e. The van der Waals surface area contributed by atoms with E-state index in [1.54, 1.807) is 11.3 Å². The van der Waals surface area contributed by atoms with Gasteiger partial charge in [-0.2, -0.15) is 5.10 Å². The number of nitrogens with zero attached hydrogens (tertiary/aromatic N) is 3. The summed E-state index contributed by atoms with van der Waals surface area (Å²) < 4.78 is 3.18. The zero-order valence-electron chi connectivity index (χ0n) is 9.97. The lowest BCUT2D eigenvalue weighted by Gasteiger charge is -2.06. The van der Waals surface area contributed by atoms with E-state index >= 15 is 0 Å². The van der Waals surface area contributed by atoms with Gasteiger partial charge in [-0.3, -0.25) is 0 Å². The van der Waals surface area contributed by atoms with E-state index < -0.39 is 0 Å². The summed E-state index contributed by atoms with van der Waals surface area (Å²) in [5, 5.41) is 5.66. The van der Waals surface area contributed by atoms with Crippen LogP contribution < -0.4 is 0 Å². The van der Waals surface area contributed by atoms with Gasteiger partial charge >= 0.3 is 0 Å². The van der Waals surface area contributed by atoms with Gasteiger partial charge in [-0.15, -0.1) is 0 Å². The molecule has 3 aromatic rings. The summed E-state index contributed by atoms with van der Waals surface area (Å²) in [4.78, 5) is 4.65. The van der Waals surface area contributed by atoms with Crippen LogP contribution in [0.15, 0.2) is 30.5 Å². The SMILES string of the molecule is c1ccc2sc(-n3cc4c(n3)CCCC4)nc2c1. The Balaban J connectivity index is 1.84. The summed E-state index contributed by atoms with van der Waals surface area (Å²) in [6, 6.07) is 8.25. The zero-order chi connectivity index (χ0) is 11.9. The van der Waals surface area contributed by atoms with Crippen LogP contribution in [0, 0.1) is 0 Å². The highest BCUT2D eigenvalue weighted by atomic mass is 32.1. The third-order valence-corrected chi connectivity index (χ3v) is 4.49. The van der Waals surface area contributed by atoms with Gasteiger partial charge in [-0.05, 0) is 43.4 Å². The number of thiazole rings is 1. The molecule has 1 aliphatic rings. The Bertz CT molecular complexity index is 654. The topological polar surface area (TPSA) is 30.7 Å². The van der Waals surface area contributed by atoms with Gasteiger partial charge < -0.3 is 0 Å². The van der Waals surface area contributed by atoms with Crippen LogP contribution in [-0.2, 0) is 12.8 Å². The molecule has 90 valence electrons. The average Bonchev–Trinajstić information content (AvgIpc) is 3.02. The first-order valence-electron chi connectivity index (χ1n) is 6.33. The van der Waals surface area contributed by atoms with Crippen molar-refractivity contribution in [1.29, 1.82) is 0 Å². The van der Waals surface area contributed by atoms with Gasteiger partial charge in [0.05, 0.1) is 15.9 Å². The van der Waals surface area contributed by atoms with Crippen molar-refractivity contribution in [3.63, 3.8) is 0 Å². The Hall–Kier alpha value is -1.68. The van der Waals surface area contributed by atoms with E-state index in [2.05, 4.69) is 34.5 Å². The molecule has 18 heavy (non-hydrogen) atoms. The average molecular weight is 255 g/mol. The molecule has 0 aliphatic heterocycles. The lowest BCUT2D eigenvalue weighted by atomic mass is 9.99.